The molecule has 14 heavy (non-hydrogen) atoms. The molecule has 0 heterocycles. The van der Waals surface area contributed by atoms with Crippen molar-refractivity contribution in [2.24, 2.45) is 0 Å². The topological polar surface area (TPSA) is 44.0 Å². The maximum atomic E-state index is 8.28. The van der Waals surface area contributed by atoms with Crippen LogP contribution in [-0.2, 0) is 6.42 Å². The Labute approximate surface area is 86.8 Å². The van der Waals surface area contributed by atoms with Gasteiger partial charge in [-0.2, -0.15) is 5.26 Å². The fourth-order valence-electron chi connectivity index (χ4n) is 0.845. The first-order valence-electron chi connectivity index (χ1n) is 4.79. The largest absolute Gasteiger partial charge is 0.400 e. The molecule has 0 radical (unpaired) electrons. The first-order valence-corrected chi connectivity index (χ1v) is 4.79. The van der Waals surface area contributed by atoms with Crippen molar-refractivity contribution in [3.63, 3.8) is 0 Å². The number of benzene rings is 1. The zero-order chi connectivity index (χ0) is 11.2. The third-order valence-corrected chi connectivity index (χ3v) is 1.37. The minimum absolute atomic E-state index is 0.615. The fraction of sp³-hybridized carbons (Fsp3) is 0.417. The minimum atomic E-state index is 0.615. The summed E-state index contributed by atoms with van der Waals surface area (Å²) in [5, 5.41) is 15.3. The van der Waals surface area contributed by atoms with Crippen molar-refractivity contribution in [3.8, 4) is 6.07 Å². The van der Waals surface area contributed by atoms with Gasteiger partial charge in [0.25, 0.3) is 0 Å². The highest BCUT2D eigenvalue weighted by molar-refractivity contribution is 5.15. The van der Waals surface area contributed by atoms with Crippen LogP contribution in [0.1, 0.15) is 25.8 Å². The lowest BCUT2D eigenvalue weighted by Gasteiger charge is -1.92. The van der Waals surface area contributed by atoms with Crippen molar-refractivity contribution in [3.05, 3.63) is 35.9 Å². The molecule has 0 aliphatic carbocycles. The molecule has 2 heteroatoms. The summed E-state index contributed by atoms with van der Waals surface area (Å²) in [6.45, 7) is 4.00. The van der Waals surface area contributed by atoms with E-state index < -0.39 is 0 Å². The lowest BCUT2D eigenvalue weighted by atomic mass is 10.1. The molecular weight excluding hydrogens is 174 g/mol. The molecule has 1 rings (SSSR count). The summed E-state index contributed by atoms with van der Waals surface area (Å²) in [6.07, 6.45) is 1.49. The highest BCUT2D eigenvalue weighted by Gasteiger charge is 1.87. The molecule has 0 spiro atoms. The predicted octanol–water partition coefficient (Wildman–Crippen LogP) is 2.78. The number of aliphatic hydroxyl groups excluding tert-OH is 1. The number of aliphatic hydroxyl groups is 1. The minimum Gasteiger partial charge on any atom is -0.400 e. The monoisotopic (exact) mass is 193 g/mol. The third-order valence-electron chi connectivity index (χ3n) is 1.37. The van der Waals surface area contributed by atoms with Crippen LogP contribution in [0.3, 0.4) is 0 Å². The zero-order valence-electron chi connectivity index (χ0n) is 9.20. The van der Waals surface area contributed by atoms with E-state index in [1.807, 2.05) is 44.2 Å². The van der Waals surface area contributed by atoms with E-state index in [1.54, 1.807) is 0 Å². The Morgan fingerprint density at radius 1 is 1.14 bits per heavy atom. The average Bonchev–Trinajstić information content (AvgIpc) is 2.33. The molecule has 0 bridgehead atoms. The van der Waals surface area contributed by atoms with E-state index in [2.05, 4.69) is 6.07 Å². The summed E-state index contributed by atoms with van der Waals surface area (Å²) in [5.41, 5.74) is 1.24. The standard InChI is InChI=1S/C9H9N.C2H6.CH4O/c10-8-4-7-9-5-2-1-3-6-9;2*1-2/h1-3,5-6H,4,7H2;1-2H3;2H,1H3. The van der Waals surface area contributed by atoms with Crippen LogP contribution in [0.2, 0.25) is 0 Å². The summed E-state index contributed by atoms with van der Waals surface area (Å²) in [5.74, 6) is 0. The first kappa shape index (κ1) is 15.2. The second-order valence-electron chi connectivity index (χ2n) is 2.14. The molecule has 0 atom stereocenters. The van der Waals surface area contributed by atoms with Gasteiger partial charge in [-0.1, -0.05) is 44.2 Å². The maximum Gasteiger partial charge on any atom is 0.0625 e. The highest BCUT2D eigenvalue weighted by atomic mass is 16.2. The first-order chi connectivity index (χ1) is 6.93. The smallest absolute Gasteiger partial charge is 0.0625 e. The van der Waals surface area contributed by atoms with E-state index in [1.165, 1.54) is 5.56 Å². The van der Waals surface area contributed by atoms with Gasteiger partial charge in [0, 0.05) is 13.5 Å². The lowest BCUT2D eigenvalue weighted by Crippen LogP contribution is -1.80. The Balaban J connectivity index is 0. The van der Waals surface area contributed by atoms with Crippen molar-refractivity contribution in [2.75, 3.05) is 7.11 Å². The molecule has 0 aromatic heterocycles. The van der Waals surface area contributed by atoms with Crippen molar-refractivity contribution >= 4 is 0 Å². The molecule has 0 fully saturated rings. The number of hydrogen-bond donors (Lipinski definition) is 1. The van der Waals surface area contributed by atoms with Crippen LogP contribution in [-0.4, -0.2) is 12.2 Å². The van der Waals surface area contributed by atoms with E-state index in [0.717, 1.165) is 13.5 Å². The van der Waals surface area contributed by atoms with Gasteiger partial charge in [0.15, 0.2) is 0 Å². The van der Waals surface area contributed by atoms with Crippen LogP contribution in [0.5, 0.6) is 0 Å². The third kappa shape index (κ3) is 8.76. The van der Waals surface area contributed by atoms with Gasteiger partial charge in [0.05, 0.1) is 6.07 Å². The zero-order valence-corrected chi connectivity index (χ0v) is 9.20. The van der Waals surface area contributed by atoms with E-state index in [4.69, 9.17) is 10.4 Å². The second-order valence-corrected chi connectivity index (χ2v) is 2.14. The molecule has 0 amide bonds. The summed E-state index contributed by atoms with van der Waals surface area (Å²) < 4.78 is 0. The molecule has 0 aliphatic heterocycles. The van der Waals surface area contributed by atoms with Crippen molar-refractivity contribution in [1.82, 2.24) is 0 Å². The van der Waals surface area contributed by atoms with Gasteiger partial charge in [-0.3, -0.25) is 0 Å². The molecular formula is C12H19NO. The van der Waals surface area contributed by atoms with Gasteiger partial charge in [0.1, 0.15) is 0 Å². The average molecular weight is 193 g/mol. The highest BCUT2D eigenvalue weighted by Crippen LogP contribution is 2.00. The van der Waals surface area contributed by atoms with E-state index in [-0.39, 0.29) is 0 Å². The number of aryl methyl sites for hydroxylation is 1. The van der Waals surface area contributed by atoms with E-state index >= 15 is 0 Å². The van der Waals surface area contributed by atoms with Crippen molar-refractivity contribution in [2.45, 2.75) is 26.7 Å². The summed E-state index contributed by atoms with van der Waals surface area (Å²) in [6, 6.07) is 12.2. The van der Waals surface area contributed by atoms with Crippen LogP contribution in [0.25, 0.3) is 0 Å². The Kier molecular flexibility index (Phi) is 15.4. The van der Waals surface area contributed by atoms with Crippen molar-refractivity contribution < 1.29 is 5.11 Å². The van der Waals surface area contributed by atoms with Crippen molar-refractivity contribution in [1.29, 1.82) is 5.26 Å². The van der Waals surface area contributed by atoms with Crippen LogP contribution < -0.4 is 0 Å². The molecule has 0 unspecified atom stereocenters. The Morgan fingerprint density at radius 3 is 2.07 bits per heavy atom. The molecule has 78 valence electrons. The number of nitrogens with zero attached hydrogens (tertiary/aromatic N) is 1. The molecule has 0 saturated carbocycles. The number of nitriles is 1. The SMILES string of the molecule is CC.CO.N#CCCc1ccccc1. The summed E-state index contributed by atoms with van der Waals surface area (Å²) >= 11 is 0. The molecule has 0 aliphatic rings. The van der Waals surface area contributed by atoms with Gasteiger partial charge in [-0.05, 0) is 12.0 Å². The Morgan fingerprint density at radius 2 is 1.64 bits per heavy atom. The molecule has 0 saturated heterocycles. The number of rotatable bonds is 2. The maximum absolute atomic E-state index is 8.28. The quantitative estimate of drug-likeness (QED) is 0.784. The summed E-state index contributed by atoms with van der Waals surface area (Å²) in [4.78, 5) is 0. The van der Waals surface area contributed by atoms with Gasteiger partial charge >= 0.3 is 0 Å². The van der Waals surface area contributed by atoms with Gasteiger partial charge < -0.3 is 5.11 Å². The van der Waals surface area contributed by atoms with Gasteiger partial charge in [0.2, 0.25) is 0 Å². The van der Waals surface area contributed by atoms with Crippen LogP contribution in [0, 0.1) is 11.3 Å². The second kappa shape index (κ2) is 14.2. The van der Waals surface area contributed by atoms with Crippen LogP contribution in [0.4, 0.5) is 0 Å². The normalized spacial score (nSPS) is 7.07. The fourth-order valence-corrected chi connectivity index (χ4v) is 0.845. The lowest BCUT2D eigenvalue weighted by molar-refractivity contribution is 0.399. The molecule has 1 N–H and O–H groups in total. The molecule has 1 aromatic rings. The van der Waals surface area contributed by atoms with E-state index in [9.17, 15) is 0 Å². The van der Waals surface area contributed by atoms with Crippen LogP contribution >= 0.6 is 0 Å². The summed E-state index contributed by atoms with van der Waals surface area (Å²) in [7, 11) is 1.00. The molecule has 2 nitrogen and oxygen atoms in total. The Bertz CT molecular complexity index is 226. The number of hydrogen-bond acceptors (Lipinski definition) is 2. The predicted molar refractivity (Wildman–Crippen MR) is 59.9 cm³/mol. The Hall–Kier alpha value is -1.33. The molecule has 1 aromatic carbocycles. The van der Waals surface area contributed by atoms with E-state index in [0.29, 0.717) is 6.42 Å². The van der Waals surface area contributed by atoms with Crippen LogP contribution in [0.15, 0.2) is 30.3 Å². The van der Waals surface area contributed by atoms with Gasteiger partial charge in [-0.25, -0.2) is 0 Å². The van der Waals surface area contributed by atoms with Gasteiger partial charge in [-0.15, -0.1) is 0 Å².